The zero-order chi connectivity index (χ0) is 21.7. The molecule has 4 bridgehead atoms. The summed E-state index contributed by atoms with van der Waals surface area (Å²) in [6.45, 7) is 0. The standard InChI is InChI=1S/C25H31N3O3S/c29-23(9-21-19-3-1-2-4-20(19)22-13-26-14-28(21)22)24-16-7-15-8-17(24)12-25(10-15,11-16)27-32(30,31)18-5-6-18/h1-4,13-18,21,23-24,27,29H,5-12H2. The van der Waals surface area contributed by atoms with Crippen molar-refractivity contribution in [2.45, 2.75) is 74.3 Å². The van der Waals surface area contributed by atoms with Crippen LogP contribution >= 0.6 is 0 Å². The minimum atomic E-state index is -3.19. The second-order valence-corrected chi connectivity index (χ2v) is 13.2. The van der Waals surface area contributed by atoms with Gasteiger partial charge in [-0.3, -0.25) is 0 Å². The van der Waals surface area contributed by atoms with Crippen molar-refractivity contribution in [3.8, 4) is 11.3 Å². The topological polar surface area (TPSA) is 84.2 Å². The highest BCUT2D eigenvalue weighted by Gasteiger charge is 2.58. The smallest absolute Gasteiger partial charge is 0.214 e. The monoisotopic (exact) mass is 453 g/mol. The fraction of sp³-hybridized carbons (Fsp3) is 0.640. The lowest BCUT2D eigenvalue weighted by atomic mass is 9.48. The van der Waals surface area contributed by atoms with Gasteiger partial charge in [-0.25, -0.2) is 18.1 Å². The molecule has 0 spiro atoms. The van der Waals surface area contributed by atoms with E-state index in [2.05, 4.69) is 38.5 Å². The summed E-state index contributed by atoms with van der Waals surface area (Å²) in [5, 5.41) is 11.4. The van der Waals surface area contributed by atoms with Crippen molar-refractivity contribution < 1.29 is 13.5 Å². The third-order valence-corrected chi connectivity index (χ3v) is 11.2. The van der Waals surface area contributed by atoms with Gasteiger partial charge in [-0.15, -0.1) is 0 Å². The van der Waals surface area contributed by atoms with Gasteiger partial charge in [-0.2, -0.15) is 0 Å². The first-order valence-electron chi connectivity index (χ1n) is 12.2. The Balaban J connectivity index is 1.14. The minimum Gasteiger partial charge on any atom is -0.393 e. The Morgan fingerprint density at radius 3 is 2.66 bits per heavy atom. The molecule has 0 saturated heterocycles. The molecule has 1 aromatic heterocycles. The van der Waals surface area contributed by atoms with Crippen LogP contribution in [0.3, 0.4) is 0 Å². The second kappa shape index (κ2) is 6.67. The van der Waals surface area contributed by atoms with Gasteiger partial charge in [0.2, 0.25) is 10.0 Å². The zero-order valence-electron chi connectivity index (χ0n) is 18.2. The third kappa shape index (κ3) is 2.90. The maximum atomic E-state index is 12.8. The number of aliphatic hydroxyl groups excluding tert-OH is 1. The van der Waals surface area contributed by atoms with E-state index in [1.807, 2.05) is 12.5 Å². The predicted octanol–water partition coefficient (Wildman–Crippen LogP) is 3.48. The van der Waals surface area contributed by atoms with E-state index < -0.39 is 10.0 Å². The van der Waals surface area contributed by atoms with E-state index in [4.69, 9.17) is 0 Å². The molecule has 4 unspecified atom stereocenters. The zero-order valence-corrected chi connectivity index (χ0v) is 19.0. The van der Waals surface area contributed by atoms with E-state index in [9.17, 15) is 13.5 Å². The van der Waals surface area contributed by atoms with Crippen LogP contribution in [0.4, 0.5) is 0 Å². The van der Waals surface area contributed by atoms with Gasteiger partial charge in [-0.05, 0) is 80.6 Å². The van der Waals surface area contributed by atoms with Gasteiger partial charge in [0, 0.05) is 11.1 Å². The van der Waals surface area contributed by atoms with Crippen LogP contribution in [0.15, 0.2) is 36.8 Å². The Hall–Kier alpha value is -1.70. The number of rotatable bonds is 6. The fourth-order valence-corrected chi connectivity index (χ4v) is 9.92. The van der Waals surface area contributed by atoms with Crippen LogP contribution in [0, 0.1) is 23.7 Å². The van der Waals surface area contributed by atoms with Crippen LogP contribution in [-0.2, 0) is 10.0 Å². The summed E-state index contributed by atoms with van der Waals surface area (Å²) in [7, 11) is -3.19. The maximum Gasteiger partial charge on any atom is 0.214 e. The molecule has 1 aromatic carbocycles. The number of hydrogen-bond donors (Lipinski definition) is 2. The average molecular weight is 454 g/mol. The maximum absolute atomic E-state index is 12.8. The molecular formula is C25H31N3O3S. The van der Waals surface area contributed by atoms with Crippen molar-refractivity contribution in [1.82, 2.24) is 14.3 Å². The van der Waals surface area contributed by atoms with Gasteiger partial charge in [0.25, 0.3) is 0 Å². The summed E-state index contributed by atoms with van der Waals surface area (Å²) in [6, 6.07) is 8.59. The lowest BCUT2D eigenvalue weighted by molar-refractivity contribution is -0.106. The molecule has 6 aliphatic rings. The highest BCUT2D eigenvalue weighted by atomic mass is 32.2. The third-order valence-electron chi connectivity index (χ3n) is 9.17. The summed E-state index contributed by atoms with van der Waals surface area (Å²) in [4.78, 5) is 4.36. The molecule has 7 heteroatoms. The first-order chi connectivity index (χ1) is 15.4. The van der Waals surface area contributed by atoms with Gasteiger partial charge in [-0.1, -0.05) is 24.3 Å². The number of hydrogen-bond acceptors (Lipinski definition) is 4. The summed E-state index contributed by atoms with van der Waals surface area (Å²) < 4.78 is 30.9. The fourth-order valence-electron chi connectivity index (χ4n) is 8.14. The molecule has 0 amide bonds. The highest BCUT2D eigenvalue weighted by molar-refractivity contribution is 7.90. The number of fused-ring (bicyclic) bond motifs is 3. The van der Waals surface area contributed by atoms with E-state index in [-0.39, 0.29) is 28.9 Å². The Morgan fingerprint density at radius 1 is 1.16 bits per heavy atom. The molecule has 4 atom stereocenters. The van der Waals surface area contributed by atoms with Crippen LogP contribution in [0.25, 0.3) is 11.3 Å². The summed E-state index contributed by atoms with van der Waals surface area (Å²) in [6.07, 6.45) is 10.8. The number of imidazole rings is 1. The molecule has 6 nitrogen and oxygen atoms in total. The molecule has 1 aliphatic heterocycles. The first-order valence-corrected chi connectivity index (χ1v) is 13.8. The van der Waals surface area contributed by atoms with Crippen LogP contribution in [0.2, 0.25) is 0 Å². The van der Waals surface area contributed by atoms with Crippen molar-refractivity contribution in [1.29, 1.82) is 0 Å². The van der Waals surface area contributed by atoms with Crippen molar-refractivity contribution in [2.75, 3.05) is 0 Å². The predicted molar refractivity (Wildman–Crippen MR) is 121 cm³/mol. The van der Waals surface area contributed by atoms with E-state index in [1.165, 1.54) is 11.1 Å². The van der Waals surface area contributed by atoms with Crippen molar-refractivity contribution in [3.63, 3.8) is 0 Å². The Morgan fingerprint density at radius 2 is 1.91 bits per heavy atom. The molecule has 2 N–H and O–H groups in total. The van der Waals surface area contributed by atoms with Crippen molar-refractivity contribution >= 4 is 10.0 Å². The van der Waals surface area contributed by atoms with Crippen LogP contribution in [0.5, 0.6) is 0 Å². The number of benzene rings is 1. The van der Waals surface area contributed by atoms with Crippen LogP contribution in [0.1, 0.15) is 63.0 Å². The Kier molecular flexibility index (Phi) is 4.12. The summed E-state index contributed by atoms with van der Waals surface area (Å²) in [5.74, 6) is 1.70. The quantitative estimate of drug-likeness (QED) is 0.701. The van der Waals surface area contributed by atoms with E-state index >= 15 is 0 Å². The highest BCUT2D eigenvalue weighted by Crippen LogP contribution is 2.60. The van der Waals surface area contributed by atoms with Gasteiger partial charge in [0.05, 0.1) is 35.6 Å². The Bertz CT molecular complexity index is 1150. The van der Waals surface area contributed by atoms with Crippen LogP contribution in [-0.4, -0.2) is 40.0 Å². The molecule has 0 radical (unpaired) electrons. The largest absolute Gasteiger partial charge is 0.393 e. The van der Waals surface area contributed by atoms with Crippen LogP contribution < -0.4 is 4.72 Å². The van der Waals surface area contributed by atoms with Crippen molar-refractivity contribution in [2.24, 2.45) is 23.7 Å². The SMILES string of the molecule is O=S(=O)(NC12CC3CC(C1)C(C(O)CC1c4ccccc4-c4cncn41)C(C3)C2)C1CC1. The normalized spacial score (nSPS) is 38.0. The first kappa shape index (κ1) is 19.7. The number of aromatic nitrogens is 2. The Labute approximate surface area is 189 Å². The lowest BCUT2D eigenvalue weighted by Gasteiger charge is -2.61. The molecule has 2 heterocycles. The average Bonchev–Trinajstić information content (AvgIpc) is 3.43. The summed E-state index contributed by atoms with van der Waals surface area (Å²) >= 11 is 0. The van der Waals surface area contributed by atoms with Gasteiger partial charge in [0.15, 0.2) is 0 Å². The number of sulfonamides is 1. The molecule has 5 aliphatic carbocycles. The van der Waals surface area contributed by atoms with Gasteiger partial charge >= 0.3 is 0 Å². The number of nitrogens with one attached hydrogen (secondary N) is 1. The molecule has 8 rings (SSSR count). The number of nitrogens with zero attached hydrogens (tertiary/aromatic N) is 2. The number of aliphatic hydroxyl groups is 1. The van der Waals surface area contributed by atoms with Gasteiger partial charge in [0.1, 0.15) is 0 Å². The molecule has 32 heavy (non-hydrogen) atoms. The molecule has 2 aromatic rings. The summed E-state index contributed by atoms with van der Waals surface area (Å²) in [5.41, 5.74) is 3.38. The molecule has 5 fully saturated rings. The van der Waals surface area contributed by atoms with Crippen molar-refractivity contribution in [3.05, 3.63) is 42.4 Å². The second-order valence-electron chi connectivity index (χ2n) is 11.3. The van der Waals surface area contributed by atoms with E-state index in [0.29, 0.717) is 24.2 Å². The lowest BCUT2D eigenvalue weighted by Crippen LogP contribution is -2.64. The molecule has 170 valence electrons. The van der Waals surface area contributed by atoms with Gasteiger partial charge < -0.3 is 9.67 Å². The molecule has 5 saturated carbocycles. The van der Waals surface area contributed by atoms with E-state index in [1.54, 1.807) is 0 Å². The van der Waals surface area contributed by atoms with E-state index in [0.717, 1.165) is 50.6 Å². The minimum absolute atomic E-state index is 0.123. The molecular weight excluding hydrogens is 422 g/mol.